The van der Waals surface area contributed by atoms with Crippen LogP contribution in [0.15, 0.2) is 36.4 Å². The van der Waals surface area contributed by atoms with E-state index in [0.717, 1.165) is 5.75 Å². The van der Waals surface area contributed by atoms with Gasteiger partial charge in [-0.1, -0.05) is 49.2 Å². The summed E-state index contributed by atoms with van der Waals surface area (Å²) in [4.78, 5) is 0. The van der Waals surface area contributed by atoms with Crippen LogP contribution in [0, 0.1) is 6.92 Å². The maximum atomic E-state index is 4.21. The maximum absolute atomic E-state index is 4.21. The molecule has 0 saturated carbocycles. The van der Waals surface area contributed by atoms with Crippen LogP contribution in [0.2, 0.25) is 0 Å². The highest BCUT2D eigenvalue weighted by molar-refractivity contribution is 8.13. The summed E-state index contributed by atoms with van der Waals surface area (Å²) >= 11 is 0. The van der Waals surface area contributed by atoms with Crippen LogP contribution in [0.5, 0.6) is 0 Å². The van der Waals surface area contributed by atoms with E-state index in [1.807, 2.05) is 0 Å². The van der Waals surface area contributed by atoms with Crippen molar-refractivity contribution in [3.63, 3.8) is 0 Å². The van der Waals surface area contributed by atoms with Gasteiger partial charge in [-0.15, -0.1) is 0 Å². The molecule has 1 heteroatoms. The van der Waals surface area contributed by atoms with E-state index in [2.05, 4.69) is 56.1 Å². The fourth-order valence-corrected chi connectivity index (χ4v) is 2.86. The Morgan fingerprint density at radius 1 is 1.06 bits per heavy atom. The predicted molar refractivity (Wildman–Crippen MR) is 77.6 cm³/mol. The normalized spacial score (nSPS) is 12.9. The molecule has 1 unspecified atom stereocenters. The fraction of sp³-hybridized carbons (Fsp3) is 0.267. The molecule has 84 valence electrons. The van der Waals surface area contributed by atoms with E-state index in [9.17, 15) is 0 Å². The van der Waals surface area contributed by atoms with Gasteiger partial charge in [-0.25, -0.2) is 0 Å². The van der Waals surface area contributed by atoms with E-state index >= 15 is 0 Å². The molecule has 0 amide bonds. The Morgan fingerprint density at radius 2 is 1.75 bits per heavy atom. The molecule has 0 aliphatic rings. The lowest BCUT2D eigenvalue weighted by Crippen LogP contribution is -1.88. The summed E-state index contributed by atoms with van der Waals surface area (Å²) in [5.41, 5.74) is 2.81. The first kappa shape index (κ1) is 11.4. The molecule has 0 bridgehead atoms. The molecular formula is C15H18S. The minimum Gasteiger partial charge on any atom is -0.189 e. The molecule has 0 heterocycles. The van der Waals surface area contributed by atoms with Gasteiger partial charge in [0.15, 0.2) is 0 Å². The second-order valence-corrected chi connectivity index (χ2v) is 6.22. The summed E-state index contributed by atoms with van der Waals surface area (Å²) in [6.45, 7) is 4.39. The molecule has 0 saturated heterocycles. The molecule has 0 aliphatic heterocycles. The number of rotatable bonds is 3. The average molecular weight is 230 g/mol. The third-order valence-electron chi connectivity index (χ3n) is 3.00. The van der Waals surface area contributed by atoms with Crippen molar-refractivity contribution in [1.82, 2.24) is 0 Å². The highest BCUT2D eigenvalue weighted by Gasteiger charge is 2.03. The van der Waals surface area contributed by atoms with Crippen LogP contribution in [0.1, 0.15) is 18.1 Å². The van der Waals surface area contributed by atoms with Gasteiger partial charge in [-0.2, -0.15) is 10.5 Å². The number of hydrogen-bond donors (Lipinski definition) is 0. The van der Waals surface area contributed by atoms with E-state index in [-0.39, 0.29) is 10.5 Å². The van der Waals surface area contributed by atoms with Crippen LogP contribution in [-0.2, 0) is 5.75 Å². The Kier molecular flexibility index (Phi) is 3.45. The topological polar surface area (TPSA) is 0 Å². The summed E-state index contributed by atoms with van der Waals surface area (Å²) in [5.74, 6) is 6.49. The number of aryl methyl sites for hydroxylation is 1. The lowest BCUT2D eigenvalue weighted by atomic mass is 10.0. The lowest BCUT2D eigenvalue weighted by molar-refractivity contribution is 1.40. The summed E-state index contributed by atoms with van der Waals surface area (Å²) < 4.78 is 0. The lowest BCUT2D eigenvalue weighted by Gasteiger charge is -2.10. The smallest absolute Gasteiger partial charge is 0.0135 e. The van der Waals surface area contributed by atoms with Gasteiger partial charge in [-0.05, 0) is 34.6 Å². The predicted octanol–water partition coefficient (Wildman–Crippen LogP) is 4.37. The molecule has 0 spiro atoms. The summed E-state index contributed by atoms with van der Waals surface area (Å²) in [7, 11) is 0.259. The first-order chi connectivity index (χ1) is 7.72. The second kappa shape index (κ2) is 4.84. The fourth-order valence-electron chi connectivity index (χ4n) is 1.96. The SMILES string of the molecule is C=S(CC)Cc1ccc(C)c2ccccc12. The minimum atomic E-state index is 0.259. The zero-order chi connectivity index (χ0) is 11.5. The van der Waals surface area contributed by atoms with Crippen molar-refractivity contribution in [2.45, 2.75) is 19.6 Å². The van der Waals surface area contributed by atoms with Gasteiger partial charge in [0.05, 0.1) is 0 Å². The Labute approximate surface area is 100 Å². The van der Waals surface area contributed by atoms with Gasteiger partial charge in [-0.3, -0.25) is 0 Å². The summed E-state index contributed by atoms with van der Waals surface area (Å²) in [6.07, 6.45) is 0. The highest BCUT2D eigenvalue weighted by atomic mass is 32.2. The van der Waals surface area contributed by atoms with Gasteiger partial charge in [0.1, 0.15) is 0 Å². The summed E-state index contributed by atoms with van der Waals surface area (Å²) in [6, 6.07) is 13.2. The summed E-state index contributed by atoms with van der Waals surface area (Å²) in [5, 5.41) is 2.78. The van der Waals surface area contributed by atoms with Crippen LogP contribution in [0.3, 0.4) is 0 Å². The van der Waals surface area contributed by atoms with E-state index < -0.39 is 0 Å². The Morgan fingerprint density at radius 3 is 2.44 bits per heavy atom. The minimum absolute atomic E-state index is 0.259. The van der Waals surface area contributed by atoms with Gasteiger partial charge < -0.3 is 0 Å². The third-order valence-corrected chi connectivity index (χ3v) is 4.54. The molecule has 1 atom stereocenters. The van der Waals surface area contributed by atoms with E-state index in [1.54, 1.807) is 0 Å². The number of fused-ring (bicyclic) bond motifs is 1. The molecule has 2 aromatic carbocycles. The first-order valence-corrected chi connectivity index (χ1v) is 7.40. The molecule has 0 N–H and O–H groups in total. The van der Waals surface area contributed by atoms with E-state index in [4.69, 9.17) is 0 Å². The quantitative estimate of drug-likeness (QED) is 0.687. The van der Waals surface area contributed by atoms with Crippen molar-refractivity contribution in [2.24, 2.45) is 0 Å². The first-order valence-electron chi connectivity index (χ1n) is 5.66. The third kappa shape index (κ3) is 2.19. The molecular weight excluding hydrogens is 212 g/mol. The molecule has 2 aromatic rings. The monoisotopic (exact) mass is 230 g/mol. The molecule has 0 fully saturated rings. The van der Waals surface area contributed by atoms with Crippen molar-refractivity contribution < 1.29 is 0 Å². The Balaban J connectivity index is 2.54. The zero-order valence-corrected chi connectivity index (χ0v) is 10.8. The van der Waals surface area contributed by atoms with Gasteiger partial charge in [0, 0.05) is 5.75 Å². The Hall–Kier alpha value is -1.08. The zero-order valence-electron chi connectivity index (χ0n) is 9.99. The van der Waals surface area contributed by atoms with Crippen molar-refractivity contribution in [2.75, 3.05) is 5.75 Å². The van der Waals surface area contributed by atoms with Crippen LogP contribution in [-0.4, -0.2) is 11.6 Å². The van der Waals surface area contributed by atoms with Crippen molar-refractivity contribution in [3.8, 4) is 0 Å². The van der Waals surface area contributed by atoms with Crippen LogP contribution < -0.4 is 0 Å². The largest absolute Gasteiger partial charge is 0.189 e. The van der Waals surface area contributed by atoms with E-state index in [0.29, 0.717) is 0 Å². The molecule has 2 rings (SSSR count). The second-order valence-electron chi connectivity index (χ2n) is 4.13. The van der Waals surface area contributed by atoms with Gasteiger partial charge in [0.25, 0.3) is 0 Å². The molecule has 0 aromatic heterocycles. The van der Waals surface area contributed by atoms with Crippen LogP contribution >= 0.6 is 10.5 Å². The maximum Gasteiger partial charge on any atom is 0.0135 e. The molecule has 0 aliphatic carbocycles. The number of benzene rings is 2. The average Bonchev–Trinajstić information content (AvgIpc) is 2.33. The number of hydrogen-bond acceptors (Lipinski definition) is 0. The van der Waals surface area contributed by atoms with Crippen molar-refractivity contribution in [1.29, 1.82) is 0 Å². The van der Waals surface area contributed by atoms with Crippen LogP contribution in [0.4, 0.5) is 0 Å². The molecule has 0 radical (unpaired) electrons. The van der Waals surface area contributed by atoms with E-state index in [1.165, 1.54) is 27.7 Å². The highest BCUT2D eigenvalue weighted by Crippen LogP contribution is 2.27. The van der Waals surface area contributed by atoms with Gasteiger partial charge >= 0.3 is 0 Å². The van der Waals surface area contributed by atoms with Gasteiger partial charge in [0.2, 0.25) is 0 Å². The molecule has 0 nitrogen and oxygen atoms in total. The Bertz CT molecular complexity index is 526. The molecule has 16 heavy (non-hydrogen) atoms. The van der Waals surface area contributed by atoms with Crippen LogP contribution in [0.25, 0.3) is 10.8 Å². The van der Waals surface area contributed by atoms with Crippen molar-refractivity contribution >= 4 is 27.1 Å². The standard InChI is InChI=1S/C15H18S/c1-4-16(3)11-13-10-9-12(2)14-7-5-6-8-15(13)14/h5-10H,3-4,11H2,1-2H3. The van der Waals surface area contributed by atoms with Crippen molar-refractivity contribution in [3.05, 3.63) is 47.5 Å².